The molecule has 0 aliphatic heterocycles. The summed E-state index contributed by atoms with van der Waals surface area (Å²) < 4.78 is 1.82. The molecule has 5 nitrogen and oxygen atoms in total. The molecule has 0 radical (unpaired) electrons. The van der Waals surface area contributed by atoms with Crippen LogP contribution in [-0.4, -0.2) is 19.7 Å². The van der Waals surface area contributed by atoms with Gasteiger partial charge in [-0.05, 0) is 31.2 Å². The second-order valence-electron chi connectivity index (χ2n) is 4.65. The SMILES string of the molecule is Cc1cc2c(-n3ncc4ccc(N)cc43)ncnc2s1. The highest BCUT2D eigenvalue weighted by Gasteiger charge is 2.12. The topological polar surface area (TPSA) is 69.6 Å². The first-order chi connectivity index (χ1) is 9.72. The van der Waals surface area contributed by atoms with Crippen molar-refractivity contribution >= 4 is 38.1 Å². The van der Waals surface area contributed by atoms with Gasteiger partial charge >= 0.3 is 0 Å². The van der Waals surface area contributed by atoms with Gasteiger partial charge in [-0.2, -0.15) is 5.10 Å². The second kappa shape index (κ2) is 4.01. The standard InChI is InChI=1S/C14H11N5S/c1-8-4-11-13(16-7-17-14(11)20-8)19-12-5-10(15)3-2-9(12)6-18-19/h2-7H,15H2,1H3. The highest BCUT2D eigenvalue weighted by atomic mass is 32.1. The molecule has 0 aliphatic carbocycles. The number of hydrogen-bond donors (Lipinski definition) is 1. The van der Waals surface area contributed by atoms with Crippen molar-refractivity contribution in [2.24, 2.45) is 0 Å². The Bertz CT molecular complexity index is 937. The fourth-order valence-corrected chi connectivity index (χ4v) is 3.18. The molecule has 0 unspecified atom stereocenters. The Kier molecular flexibility index (Phi) is 2.28. The Morgan fingerprint density at radius 1 is 1.20 bits per heavy atom. The normalized spacial score (nSPS) is 11.4. The van der Waals surface area contributed by atoms with E-state index in [2.05, 4.69) is 28.1 Å². The van der Waals surface area contributed by atoms with Crippen molar-refractivity contribution in [3.63, 3.8) is 0 Å². The average molecular weight is 281 g/mol. The van der Waals surface area contributed by atoms with Crippen molar-refractivity contribution in [1.29, 1.82) is 0 Å². The van der Waals surface area contributed by atoms with Crippen LogP contribution in [0.15, 0.2) is 36.8 Å². The fraction of sp³-hybridized carbons (Fsp3) is 0.0714. The van der Waals surface area contributed by atoms with E-state index < -0.39 is 0 Å². The predicted molar refractivity (Wildman–Crippen MR) is 81.2 cm³/mol. The molecule has 20 heavy (non-hydrogen) atoms. The van der Waals surface area contributed by atoms with Gasteiger partial charge in [0.25, 0.3) is 0 Å². The number of aryl methyl sites for hydroxylation is 1. The second-order valence-corrected chi connectivity index (χ2v) is 5.88. The fourth-order valence-electron chi connectivity index (χ4n) is 2.34. The van der Waals surface area contributed by atoms with Crippen LogP contribution in [0.1, 0.15) is 4.88 Å². The largest absolute Gasteiger partial charge is 0.399 e. The van der Waals surface area contributed by atoms with Crippen LogP contribution < -0.4 is 5.73 Å². The zero-order valence-corrected chi connectivity index (χ0v) is 11.6. The Hall–Kier alpha value is -2.47. The minimum Gasteiger partial charge on any atom is -0.399 e. The zero-order valence-electron chi connectivity index (χ0n) is 10.7. The molecule has 0 spiro atoms. The average Bonchev–Trinajstić information content (AvgIpc) is 3.00. The predicted octanol–water partition coefficient (Wildman–Crippen LogP) is 2.92. The molecule has 0 atom stereocenters. The van der Waals surface area contributed by atoms with Crippen molar-refractivity contribution < 1.29 is 0 Å². The number of fused-ring (bicyclic) bond motifs is 2. The highest BCUT2D eigenvalue weighted by Crippen LogP contribution is 2.28. The maximum absolute atomic E-state index is 5.87. The lowest BCUT2D eigenvalue weighted by Crippen LogP contribution is -2.00. The van der Waals surface area contributed by atoms with Crippen LogP contribution >= 0.6 is 11.3 Å². The van der Waals surface area contributed by atoms with E-state index >= 15 is 0 Å². The van der Waals surface area contributed by atoms with Gasteiger partial charge < -0.3 is 5.73 Å². The number of thiophene rings is 1. The van der Waals surface area contributed by atoms with Gasteiger partial charge in [-0.25, -0.2) is 14.6 Å². The number of rotatable bonds is 1. The third-order valence-electron chi connectivity index (χ3n) is 3.23. The Morgan fingerprint density at radius 3 is 3.00 bits per heavy atom. The van der Waals surface area contributed by atoms with E-state index in [1.807, 2.05) is 29.1 Å². The molecule has 0 saturated heterocycles. The summed E-state index contributed by atoms with van der Waals surface area (Å²) in [7, 11) is 0. The summed E-state index contributed by atoms with van der Waals surface area (Å²) in [6, 6.07) is 7.84. The van der Waals surface area contributed by atoms with E-state index in [4.69, 9.17) is 5.73 Å². The van der Waals surface area contributed by atoms with Crippen LogP contribution in [0.5, 0.6) is 0 Å². The molecular weight excluding hydrogens is 270 g/mol. The first-order valence-electron chi connectivity index (χ1n) is 6.17. The number of nitrogen functional groups attached to an aromatic ring is 1. The van der Waals surface area contributed by atoms with Gasteiger partial charge in [-0.15, -0.1) is 11.3 Å². The zero-order chi connectivity index (χ0) is 13.7. The molecule has 3 aromatic heterocycles. The number of anilines is 1. The molecule has 98 valence electrons. The van der Waals surface area contributed by atoms with Crippen molar-refractivity contribution in [3.8, 4) is 5.82 Å². The molecule has 2 N–H and O–H groups in total. The Morgan fingerprint density at radius 2 is 2.10 bits per heavy atom. The van der Waals surface area contributed by atoms with Gasteiger partial charge in [0, 0.05) is 16.0 Å². The van der Waals surface area contributed by atoms with E-state index in [1.165, 1.54) is 4.88 Å². The monoisotopic (exact) mass is 281 g/mol. The number of nitrogens with zero attached hydrogens (tertiary/aromatic N) is 4. The summed E-state index contributed by atoms with van der Waals surface area (Å²) in [5.41, 5.74) is 7.54. The molecule has 4 rings (SSSR count). The quantitative estimate of drug-likeness (QED) is 0.545. The minimum atomic E-state index is 0.714. The van der Waals surface area contributed by atoms with Gasteiger partial charge in [0.15, 0.2) is 5.82 Å². The van der Waals surface area contributed by atoms with Crippen molar-refractivity contribution in [1.82, 2.24) is 19.7 Å². The number of benzene rings is 1. The Labute approximate surface area is 118 Å². The molecule has 0 aliphatic rings. The van der Waals surface area contributed by atoms with E-state index in [1.54, 1.807) is 17.7 Å². The smallest absolute Gasteiger partial charge is 0.166 e. The van der Waals surface area contributed by atoms with Crippen LogP contribution in [0, 0.1) is 6.92 Å². The number of hydrogen-bond acceptors (Lipinski definition) is 5. The molecule has 0 amide bonds. The summed E-state index contributed by atoms with van der Waals surface area (Å²) >= 11 is 1.66. The summed E-state index contributed by atoms with van der Waals surface area (Å²) in [5, 5.41) is 6.50. The third kappa shape index (κ3) is 1.58. The molecule has 1 aromatic carbocycles. The van der Waals surface area contributed by atoms with Crippen LogP contribution in [0.2, 0.25) is 0 Å². The first kappa shape index (κ1) is 11.4. The van der Waals surface area contributed by atoms with Crippen LogP contribution in [0.4, 0.5) is 5.69 Å². The molecular formula is C14H11N5S. The van der Waals surface area contributed by atoms with Gasteiger partial charge in [0.1, 0.15) is 11.2 Å². The van der Waals surface area contributed by atoms with Crippen LogP contribution in [0.25, 0.3) is 26.9 Å². The van der Waals surface area contributed by atoms with E-state index in [0.29, 0.717) is 5.69 Å². The van der Waals surface area contributed by atoms with E-state index in [9.17, 15) is 0 Å². The van der Waals surface area contributed by atoms with Gasteiger partial charge in [-0.3, -0.25) is 0 Å². The van der Waals surface area contributed by atoms with E-state index in [0.717, 1.165) is 26.9 Å². The highest BCUT2D eigenvalue weighted by molar-refractivity contribution is 7.18. The van der Waals surface area contributed by atoms with Gasteiger partial charge in [0.05, 0.1) is 17.1 Å². The first-order valence-corrected chi connectivity index (χ1v) is 6.99. The summed E-state index contributed by atoms with van der Waals surface area (Å²) in [4.78, 5) is 10.9. The summed E-state index contributed by atoms with van der Waals surface area (Å²) in [6.45, 7) is 2.06. The van der Waals surface area contributed by atoms with Gasteiger partial charge in [-0.1, -0.05) is 0 Å². The third-order valence-corrected chi connectivity index (χ3v) is 4.19. The van der Waals surface area contributed by atoms with Crippen LogP contribution in [-0.2, 0) is 0 Å². The lowest BCUT2D eigenvalue weighted by Gasteiger charge is -2.04. The number of aromatic nitrogens is 4. The van der Waals surface area contributed by atoms with Gasteiger partial charge in [0.2, 0.25) is 0 Å². The summed E-state index contributed by atoms with van der Waals surface area (Å²) in [5.74, 6) is 0.792. The maximum atomic E-state index is 5.87. The molecule has 0 bridgehead atoms. The van der Waals surface area contributed by atoms with Crippen LogP contribution in [0.3, 0.4) is 0 Å². The van der Waals surface area contributed by atoms with Crippen molar-refractivity contribution in [2.45, 2.75) is 6.92 Å². The lowest BCUT2D eigenvalue weighted by atomic mass is 10.2. The molecule has 6 heteroatoms. The molecule has 0 saturated carbocycles. The van der Waals surface area contributed by atoms with Crippen molar-refractivity contribution in [3.05, 3.63) is 41.7 Å². The summed E-state index contributed by atoms with van der Waals surface area (Å²) in [6.07, 6.45) is 3.40. The molecule has 0 fully saturated rings. The number of nitrogens with two attached hydrogens (primary N) is 1. The lowest BCUT2D eigenvalue weighted by molar-refractivity contribution is 0.879. The Balaban J connectivity index is 2.08. The minimum absolute atomic E-state index is 0.714. The van der Waals surface area contributed by atoms with Crippen molar-refractivity contribution in [2.75, 3.05) is 5.73 Å². The maximum Gasteiger partial charge on any atom is 0.166 e. The molecule has 4 aromatic rings. The molecule has 3 heterocycles. The van der Waals surface area contributed by atoms with E-state index in [-0.39, 0.29) is 0 Å².